The van der Waals surface area contributed by atoms with Crippen molar-refractivity contribution in [3.63, 3.8) is 0 Å². The smallest absolute Gasteiger partial charge is 0.329 e. The van der Waals surface area contributed by atoms with Crippen molar-refractivity contribution in [3.05, 3.63) is 72.1 Å². The number of amides is 1. The van der Waals surface area contributed by atoms with Gasteiger partial charge in [-0.3, -0.25) is 4.79 Å². The first kappa shape index (κ1) is 20.3. The molecular formula is C22H23N3O4. The molecule has 0 aliphatic carbocycles. The van der Waals surface area contributed by atoms with Crippen LogP contribution in [0.5, 0.6) is 0 Å². The number of hydrogen-bond donors (Lipinski definition) is 1. The Morgan fingerprint density at radius 1 is 1.03 bits per heavy atom. The Labute approximate surface area is 169 Å². The van der Waals surface area contributed by atoms with Gasteiger partial charge in [0.25, 0.3) is 11.8 Å². The van der Waals surface area contributed by atoms with Crippen LogP contribution in [-0.4, -0.2) is 28.1 Å². The van der Waals surface area contributed by atoms with Crippen molar-refractivity contribution in [3.8, 4) is 11.5 Å². The van der Waals surface area contributed by atoms with E-state index in [0.29, 0.717) is 17.9 Å². The molecule has 2 atom stereocenters. The lowest BCUT2D eigenvalue weighted by Crippen LogP contribution is -2.45. The van der Waals surface area contributed by atoms with E-state index in [2.05, 4.69) is 15.5 Å². The summed E-state index contributed by atoms with van der Waals surface area (Å²) < 4.78 is 10.9. The van der Waals surface area contributed by atoms with Crippen molar-refractivity contribution in [2.45, 2.75) is 32.9 Å². The first-order valence-corrected chi connectivity index (χ1v) is 9.48. The van der Waals surface area contributed by atoms with Gasteiger partial charge in [0, 0.05) is 11.1 Å². The van der Waals surface area contributed by atoms with Crippen LogP contribution in [0.2, 0.25) is 0 Å². The molecule has 0 fully saturated rings. The van der Waals surface area contributed by atoms with E-state index in [1.165, 1.54) is 0 Å². The predicted molar refractivity (Wildman–Crippen MR) is 107 cm³/mol. The van der Waals surface area contributed by atoms with Gasteiger partial charge < -0.3 is 14.5 Å². The third-order valence-electron chi connectivity index (χ3n) is 4.61. The number of rotatable bonds is 8. The van der Waals surface area contributed by atoms with E-state index in [-0.39, 0.29) is 24.3 Å². The molecule has 3 rings (SSSR count). The molecule has 0 aliphatic heterocycles. The van der Waals surface area contributed by atoms with Crippen LogP contribution in [0.4, 0.5) is 0 Å². The van der Waals surface area contributed by atoms with E-state index in [9.17, 15) is 9.59 Å². The van der Waals surface area contributed by atoms with Gasteiger partial charge in [-0.25, -0.2) is 4.79 Å². The van der Waals surface area contributed by atoms with Gasteiger partial charge in [0.2, 0.25) is 5.89 Å². The lowest BCUT2D eigenvalue weighted by molar-refractivity contribution is -0.149. The number of carbonyl (C=O) groups is 2. The third-order valence-corrected chi connectivity index (χ3v) is 4.61. The van der Waals surface area contributed by atoms with Gasteiger partial charge in [0.05, 0.1) is 0 Å². The van der Waals surface area contributed by atoms with Crippen LogP contribution in [-0.2, 0) is 16.1 Å². The van der Waals surface area contributed by atoms with Crippen LogP contribution < -0.4 is 5.32 Å². The normalized spacial score (nSPS) is 12.8. The number of carbonyl (C=O) groups excluding carboxylic acids is 2. The minimum absolute atomic E-state index is 0.0993. The lowest BCUT2D eigenvalue weighted by Gasteiger charge is -2.22. The van der Waals surface area contributed by atoms with E-state index >= 15 is 0 Å². The summed E-state index contributed by atoms with van der Waals surface area (Å²) in [6.45, 7) is 3.67. The Bertz CT molecular complexity index is 941. The summed E-state index contributed by atoms with van der Waals surface area (Å²) in [5, 5.41) is 10.7. The fourth-order valence-electron chi connectivity index (χ4n) is 2.72. The summed E-state index contributed by atoms with van der Waals surface area (Å²) >= 11 is 0. The zero-order valence-electron chi connectivity index (χ0n) is 16.4. The summed E-state index contributed by atoms with van der Waals surface area (Å²) in [6.07, 6.45) is 0.702. The summed E-state index contributed by atoms with van der Waals surface area (Å²) in [6, 6.07) is 17.3. The second-order valence-electron chi connectivity index (χ2n) is 6.68. The van der Waals surface area contributed by atoms with Crippen LogP contribution in [0.15, 0.2) is 65.1 Å². The first-order valence-electron chi connectivity index (χ1n) is 9.48. The highest BCUT2D eigenvalue weighted by Crippen LogP contribution is 2.18. The first-order chi connectivity index (χ1) is 14.1. The molecule has 1 heterocycles. The van der Waals surface area contributed by atoms with Gasteiger partial charge in [0.15, 0.2) is 6.61 Å². The van der Waals surface area contributed by atoms with Crippen molar-refractivity contribution in [1.29, 1.82) is 0 Å². The highest BCUT2D eigenvalue weighted by Gasteiger charge is 2.28. The Morgan fingerprint density at radius 2 is 1.69 bits per heavy atom. The Balaban J connectivity index is 1.63. The van der Waals surface area contributed by atoms with E-state index < -0.39 is 12.0 Å². The second-order valence-corrected chi connectivity index (χ2v) is 6.68. The predicted octanol–water partition coefficient (Wildman–Crippen LogP) is 3.62. The lowest BCUT2D eigenvalue weighted by atomic mass is 9.99. The molecule has 29 heavy (non-hydrogen) atoms. The fourth-order valence-corrected chi connectivity index (χ4v) is 2.72. The van der Waals surface area contributed by atoms with Gasteiger partial charge in [-0.2, -0.15) is 0 Å². The van der Waals surface area contributed by atoms with Crippen LogP contribution >= 0.6 is 0 Å². The van der Waals surface area contributed by atoms with E-state index in [4.69, 9.17) is 9.15 Å². The molecule has 3 aromatic rings. The maximum atomic E-state index is 12.6. The van der Waals surface area contributed by atoms with Gasteiger partial charge >= 0.3 is 5.97 Å². The van der Waals surface area contributed by atoms with Crippen LogP contribution in [0.25, 0.3) is 11.5 Å². The molecule has 0 saturated carbocycles. The van der Waals surface area contributed by atoms with Gasteiger partial charge in [-0.05, 0) is 30.2 Å². The molecule has 7 nitrogen and oxygen atoms in total. The molecule has 0 radical (unpaired) electrons. The molecule has 1 N–H and O–H groups in total. The molecule has 2 aromatic carbocycles. The molecule has 2 unspecified atom stereocenters. The second kappa shape index (κ2) is 9.64. The minimum Gasteiger partial charge on any atom is -0.454 e. The van der Waals surface area contributed by atoms with Crippen molar-refractivity contribution in [2.24, 2.45) is 5.92 Å². The number of aromatic nitrogens is 2. The zero-order valence-corrected chi connectivity index (χ0v) is 16.4. The third kappa shape index (κ3) is 5.28. The Morgan fingerprint density at radius 3 is 2.34 bits per heavy atom. The van der Waals surface area contributed by atoms with E-state index in [1.807, 2.05) is 50.2 Å². The van der Waals surface area contributed by atoms with E-state index in [1.54, 1.807) is 24.3 Å². The van der Waals surface area contributed by atoms with Gasteiger partial charge in [0.1, 0.15) is 6.04 Å². The molecule has 0 saturated heterocycles. The quantitative estimate of drug-likeness (QED) is 0.588. The number of benzene rings is 2. The number of esters is 1. The van der Waals surface area contributed by atoms with E-state index in [0.717, 1.165) is 5.56 Å². The van der Waals surface area contributed by atoms with Crippen molar-refractivity contribution >= 4 is 11.9 Å². The Hall–Kier alpha value is -3.48. The number of nitrogens with zero attached hydrogens (tertiary/aromatic N) is 2. The average Bonchev–Trinajstić information content (AvgIpc) is 3.25. The Kier molecular flexibility index (Phi) is 6.73. The summed E-state index contributed by atoms with van der Waals surface area (Å²) in [4.78, 5) is 25.1. The number of hydrogen-bond acceptors (Lipinski definition) is 6. The monoisotopic (exact) mass is 393 g/mol. The summed E-state index contributed by atoms with van der Waals surface area (Å²) in [5.74, 6) is -0.417. The fraction of sp³-hybridized carbons (Fsp3) is 0.273. The van der Waals surface area contributed by atoms with Crippen molar-refractivity contribution < 1.29 is 18.7 Å². The van der Waals surface area contributed by atoms with Crippen molar-refractivity contribution in [2.75, 3.05) is 0 Å². The molecule has 0 spiro atoms. The average molecular weight is 393 g/mol. The minimum atomic E-state index is -0.774. The molecule has 7 heteroatoms. The van der Waals surface area contributed by atoms with Crippen LogP contribution in [0.3, 0.4) is 0 Å². The molecule has 150 valence electrons. The molecule has 0 bridgehead atoms. The summed E-state index contributed by atoms with van der Waals surface area (Å²) in [5.41, 5.74) is 1.27. The SMILES string of the molecule is CCC(C)C(NC(=O)c1ccccc1)C(=O)OCc1nnc(-c2ccccc2)o1. The number of ether oxygens (including phenoxy) is 1. The van der Waals surface area contributed by atoms with Gasteiger partial charge in [-0.1, -0.05) is 56.7 Å². The number of nitrogens with one attached hydrogen (secondary N) is 1. The highest BCUT2D eigenvalue weighted by molar-refractivity contribution is 5.96. The maximum absolute atomic E-state index is 12.6. The highest BCUT2D eigenvalue weighted by atomic mass is 16.5. The maximum Gasteiger partial charge on any atom is 0.329 e. The standard InChI is InChI=1S/C22H23N3O4/c1-3-15(2)19(23-20(26)16-10-6-4-7-11-16)22(27)28-14-18-24-25-21(29-18)17-12-8-5-9-13-17/h4-13,15,19H,3,14H2,1-2H3,(H,23,26). The zero-order chi connectivity index (χ0) is 20.6. The largest absolute Gasteiger partial charge is 0.454 e. The topological polar surface area (TPSA) is 94.3 Å². The van der Waals surface area contributed by atoms with Crippen LogP contribution in [0, 0.1) is 5.92 Å². The van der Waals surface area contributed by atoms with Crippen LogP contribution in [0.1, 0.15) is 36.5 Å². The molecule has 1 amide bonds. The summed E-state index contributed by atoms with van der Waals surface area (Å²) in [7, 11) is 0. The van der Waals surface area contributed by atoms with Crippen molar-refractivity contribution in [1.82, 2.24) is 15.5 Å². The molecular weight excluding hydrogens is 370 g/mol. The van der Waals surface area contributed by atoms with Gasteiger partial charge in [-0.15, -0.1) is 10.2 Å². The molecule has 0 aliphatic rings. The molecule has 1 aromatic heterocycles.